The van der Waals surface area contributed by atoms with Gasteiger partial charge in [-0.1, -0.05) is 31.5 Å². The normalized spacial score (nSPS) is 15.0. The Hall–Kier alpha value is -0.820. The van der Waals surface area contributed by atoms with E-state index in [0.717, 1.165) is 12.8 Å². The quantitative estimate of drug-likeness (QED) is 0.802. The molecule has 1 aromatic carbocycles. The Bertz CT molecular complexity index is 315. The molecule has 1 heteroatoms. The number of aryl methyl sites for hydroxylation is 2. The molecule has 2 atom stereocenters. The summed E-state index contributed by atoms with van der Waals surface area (Å²) in [5.41, 5.74) is 10.1. The number of hydrogen-bond acceptors (Lipinski definition) is 1. The number of benzene rings is 1. The largest absolute Gasteiger partial charge is 0.328 e. The molecule has 0 fully saturated rings. The zero-order valence-electron chi connectivity index (χ0n) is 10.4. The van der Waals surface area contributed by atoms with Crippen molar-refractivity contribution in [2.75, 3.05) is 0 Å². The fourth-order valence-electron chi connectivity index (χ4n) is 1.94. The van der Waals surface area contributed by atoms with Crippen molar-refractivity contribution in [1.82, 2.24) is 0 Å². The first-order chi connectivity index (χ1) is 7.04. The minimum absolute atomic E-state index is 0.289. The summed E-state index contributed by atoms with van der Waals surface area (Å²) in [7, 11) is 0. The lowest BCUT2D eigenvalue weighted by molar-refractivity contribution is 0.427. The molecule has 0 aliphatic carbocycles. The van der Waals surface area contributed by atoms with Gasteiger partial charge in [0.2, 0.25) is 0 Å². The highest BCUT2D eigenvalue weighted by atomic mass is 14.6. The van der Waals surface area contributed by atoms with Crippen LogP contribution in [0.4, 0.5) is 0 Å². The second-order valence-corrected chi connectivity index (χ2v) is 4.65. The van der Waals surface area contributed by atoms with Crippen LogP contribution >= 0.6 is 0 Å². The molecule has 84 valence electrons. The van der Waals surface area contributed by atoms with Crippen LogP contribution in [0.2, 0.25) is 0 Å². The van der Waals surface area contributed by atoms with Gasteiger partial charge in [0.15, 0.2) is 0 Å². The molecular formula is C14H23N. The van der Waals surface area contributed by atoms with E-state index in [4.69, 9.17) is 5.73 Å². The highest BCUT2D eigenvalue weighted by molar-refractivity contribution is 5.30. The average molecular weight is 205 g/mol. The van der Waals surface area contributed by atoms with Gasteiger partial charge in [-0.3, -0.25) is 0 Å². The Morgan fingerprint density at radius 2 is 1.87 bits per heavy atom. The summed E-state index contributed by atoms with van der Waals surface area (Å²) in [6, 6.07) is 7.02. The van der Waals surface area contributed by atoms with E-state index in [1.54, 1.807) is 0 Å². The molecular weight excluding hydrogens is 182 g/mol. The fourth-order valence-corrected chi connectivity index (χ4v) is 1.94. The highest BCUT2D eigenvalue weighted by Gasteiger charge is 2.12. The van der Waals surface area contributed by atoms with Crippen LogP contribution in [0.5, 0.6) is 0 Å². The molecule has 0 aliphatic rings. The van der Waals surface area contributed by atoms with Gasteiger partial charge in [-0.05, 0) is 49.8 Å². The van der Waals surface area contributed by atoms with Crippen LogP contribution in [-0.4, -0.2) is 6.04 Å². The molecule has 0 aliphatic heterocycles. The van der Waals surface area contributed by atoms with E-state index in [1.165, 1.54) is 16.7 Å². The lowest BCUT2D eigenvalue weighted by Crippen LogP contribution is -2.27. The Kier molecular flexibility index (Phi) is 4.34. The third-order valence-electron chi connectivity index (χ3n) is 3.34. The minimum Gasteiger partial charge on any atom is -0.328 e. The monoisotopic (exact) mass is 205 g/mol. The molecule has 2 N–H and O–H groups in total. The Morgan fingerprint density at radius 1 is 1.20 bits per heavy atom. The van der Waals surface area contributed by atoms with Crippen molar-refractivity contribution in [2.45, 2.75) is 46.6 Å². The molecule has 0 saturated heterocycles. The molecule has 15 heavy (non-hydrogen) atoms. The van der Waals surface area contributed by atoms with Gasteiger partial charge in [0.1, 0.15) is 0 Å². The highest BCUT2D eigenvalue weighted by Crippen LogP contribution is 2.17. The molecule has 1 nitrogen and oxygen atoms in total. The number of hydrogen-bond donors (Lipinski definition) is 1. The van der Waals surface area contributed by atoms with Crippen LogP contribution in [0.25, 0.3) is 0 Å². The van der Waals surface area contributed by atoms with Gasteiger partial charge < -0.3 is 5.73 Å². The SMILES string of the molecule is CCC(Cc1ccc(C)c(C)c1)C(C)N. The van der Waals surface area contributed by atoms with E-state index in [2.05, 4.69) is 45.9 Å². The smallest absolute Gasteiger partial charge is 0.00418 e. The maximum Gasteiger partial charge on any atom is 0.00418 e. The van der Waals surface area contributed by atoms with Crippen LogP contribution < -0.4 is 5.73 Å². The predicted octanol–water partition coefficient (Wildman–Crippen LogP) is 3.22. The predicted molar refractivity (Wildman–Crippen MR) is 67.1 cm³/mol. The van der Waals surface area contributed by atoms with E-state index >= 15 is 0 Å². The van der Waals surface area contributed by atoms with Crippen molar-refractivity contribution in [3.8, 4) is 0 Å². The standard InChI is InChI=1S/C14H23N/c1-5-14(12(4)15)9-13-7-6-10(2)11(3)8-13/h6-8,12,14H,5,9,15H2,1-4H3. The third-order valence-corrected chi connectivity index (χ3v) is 3.34. The van der Waals surface area contributed by atoms with Gasteiger partial charge in [-0.2, -0.15) is 0 Å². The summed E-state index contributed by atoms with van der Waals surface area (Å²) in [4.78, 5) is 0. The molecule has 0 spiro atoms. The van der Waals surface area contributed by atoms with Gasteiger partial charge in [0, 0.05) is 6.04 Å². The Balaban J connectivity index is 2.75. The van der Waals surface area contributed by atoms with Crippen LogP contribution in [-0.2, 0) is 6.42 Å². The Labute approximate surface area is 93.7 Å². The van der Waals surface area contributed by atoms with E-state index in [9.17, 15) is 0 Å². The first-order valence-corrected chi connectivity index (χ1v) is 5.86. The van der Waals surface area contributed by atoms with E-state index in [1.807, 2.05) is 0 Å². The van der Waals surface area contributed by atoms with Crippen LogP contribution in [0, 0.1) is 19.8 Å². The van der Waals surface area contributed by atoms with Crippen molar-refractivity contribution < 1.29 is 0 Å². The van der Waals surface area contributed by atoms with E-state index in [0.29, 0.717) is 5.92 Å². The molecule has 0 saturated carbocycles. The Morgan fingerprint density at radius 3 is 2.33 bits per heavy atom. The minimum atomic E-state index is 0.289. The van der Waals surface area contributed by atoms with Crippen LogP contribution in [0.15, 0.2) is 18.2 Å². The second-order valence-electron chi connectivity index (χ2n) is 4.65. The van der Waals surface area contributed by atoms with Crippen LogP contribution in [0.3, 0.4) is 0 Å². The van der Waals surface area contributed by atoms with Crippen molar-refractivity contribution in [2.24, 2.45) is 11.7 Å². The number of nitrogens with two attached hydrogens (primary N) is 1. The van der Waals surface area contributed by atoms with Gasteiger partial charge in [0.25, 0.3) is 0 Å². The lowest BCUT2D eigenvalue weighted by Gasteiger charge is -2.19. The molecule has 0 aromatic heterocycles. The molecule has 0 heterocycles. The molecule has 0 amide bonds. The molecule has 0 radical (unpaired) electrons. The van der Waals surface area contributed by atoms with Gasteiger partial charge >= 0.3 is 0 Å². The topological polar surface area (TPSA) is 26.0 Å². The fraction of sp³-hybridized carbons (Fsp3) is 0.571. The molecule has 1 rings (SSSR count). The summed E-state index contributed by atoms with van der Waals surface area (Å²) in [5.74, 6) is 0.604. The maximum atomic E-state index is 5.96. The summed E-state index contributed by atoms with van der Waals surface area (Å²) >= 11 is 0. The van der Waals surface area contributed by atoms with E-state index in [-0.39, 0.29) is 6.04 Å². The second kappa shape index (κ2) is 5.32. The summed E-state index contributed by atoms with van der Waals surface area (Å²) in [6.07, 6.45) is 2.26. The molecule has 0 bridgehead atoms. The summed E-state index contributed by atoms with van der Waals surface area (Å²) in [5, 5.41) is 0. The van der Waals surface area contributed by atoms with Crippen molar-refractivity contribution in [3.05, 3.63) is 34.9 Å². The zero-order valence-corrected chi connectivity index (χ0v) is 10.4. The first kappa shape index (κ1) is 12.3. The maximum absolute atomic E-state index is 5.96. The van der Waals surface area contributed by atoms with Crippen molar-refractivity contribution in [1.29, 1.82) is 0 Å². The van der Waals surface area contributed by atoms with Gasteiger partial charge in [-0.15, -0.1) is 0 Å². The van der Waals surface area contributed by atoms with Crippen molar-refractivity contribution in [3.63, 3.8) is 0 Å². The first-order valence-electron chi connectivity index (χ1n) is 5.86. The van der Waals surface area contributed by atoms with Crippen LogP contribution in [0.1, 0.15) is 37.0 Å². The summed E-state index contributed by atoms with van der Waals surface area (Å²) in [6.45, 7) is 8.65. The number of rotatable bonds is 4. The average Bonchev–Trinajstić information content (AvgIpc) is 2.19. The molecule has 2 unspecified atom stereocenters. The third kappa shape index (κ3) is 3.35. The zero-order chi connectivity index (χ0) is 11.4. The van der Waals surface area contributed by atoms with Gasteiger partial charge in [0.05, 0.1) is 0 Å². The van der Waals surface area contributed by atoms with Crippen molar-refractivity contribution >= 4 is 0 Å². The summed E-state index contributed by atoms with van der Waals surface area (Å²) < 4.78 is 0. The van der Waals surface area contributed by atoms with E-state index < -0.39 is 0 Å². The van der Waals surface area contributed by atoms with Gasteiger partial charge in [-0.25, -0.2) is 0 Å². The molecule has 1 aromatic rings. The lowest BCUT2D eigenvalue weighted by atomic mass is 9.90.